The van der Waals surface area contributed by atoms with Crippen LogP contribution in [0.15, 0.2) is 6.07 Å². The normalized spacial score (nSPS) is 10.4. The highest BCUT2D eigenvalue weighted by Crippen LogP contribution is 2.19. The highest BCUT2D eigenvalue weighted by Gasteiger charge is 2.08. The van der Waals surface area contributed by atoms with Gasteiger partial charge in [0.15, 0.2) is 0 Å². The number of pyridine rings is 1. The molecule has 0 unspecified atom stereocenters. The predicted octanol–water partition coefficient (Wildman–Crippen LogP) is 3.09. The van der Waals surface area contributed by atoms with E-state index in [1.165, 1.54) is 0 Å². The molecule has 0 aliphatic rings. The molecule has 0 saturated heterocycles. The number of nitrogens with zero attached hydrogens (tertiary/aromatic N) is 1. The van der Waals surface area contributed by atoms with Crippen LogP contribution in [0, 0.1) is 20.8 Å². The van der Waals surface area contributed by atoms with Crippen molar-refractivity contribution in [3.63, 3.8) is 0 Å². The number of anilines is 1. The van der Waals surface area contributed by atoms with Gasteiger partial charge in [0.2, 0.25) is 5.91 Å². The topological polar surface area (TPSA) is 42.0 Å². The predicted molar refractivity (Wildman–Crippen MR) is 74.7 cm³/mol. The number of aromatic nitrogens is 1. The number of carbonyl (C=O) groups excluding carboxylic acids is 1. The largest absolute Gasteiger partial charge is 0.324 e. The van der Waals surface area contributed by atoms with Crippen molar-refractivity contribution in [2.45, 2.75) is 34.1 Å². The second kappa shape index (κ2) is 6.64. The second-order valence-corrected chi connectivity index (χ2v) is 5.25. The molecule has 0 bridgehead atoms. The smallest absolute Gasteiger partial charge is 0.234 e. The van der Waals surface area contributed by atoms with Gasteiger partial charge in [0.05, 0.1) is 17.1 Å². The summed E-state index contributed by atoms with van der Waals surface area (Å²) in [4.78, 5) is 16.1. The van der Waals surface area contributed by atoms with E-state index in [-0.39, 0.29) is 5.91 Å². The molecule has 1 aromatic rings. The summed E-state index contributed by atoms with van der Waals surface area (Å²) in [5, 5.41) is 2.94. The maximum absolute atomic E-state index is 11.7. The number of hydrogen-bond acceptors (Lipinski definition) is 3. The van der Waals surface area contributed by atoms with Crippen LogP contribution in [0.1, 0.15) is 30.3 Å². The van der Waals surface area contributed by atoms with Gasteiger partial charge in [-0.2, -0.15) is 11.8 Å². The number of hydrogen-bond donors (Lipinski definition) is 1. The number of aryl methyl sites for hydroxylation is 3. The Balaban J connectivity index is 2.65. The lowest BCUT2D eigenvalue weighted by atomic mass is 10.1. The summed E-state index contributed by atoms with van der Waals surface area (Å²) < 4.78 is 0. The third-order valence-electron chi connectivity index (χ3n) is 2.37. The van der Waals surface area contributed by atoms with Crippen molar-refractivity contribution >= 4 is 23.4 Å². The van der Waals surface area contributed by atoms with Crippen molar-refractivity contribution in [3.8, 4) is 0 Å². The molecular formula is C13H20N2OS. The molecule has 94 valence electrons. The summed E-state index contributed by atoms with van der Waals surface area (Å²) in [6.07, 6.45) is 1.10. The van der Waals surface area contributed by atoms with E-state index in [9.17, 15) is 4.79 Å². The van der Waals surface area contributed by atoms with Gasteiger partial charge in [0.1, 0.15) is 0 Å². The van der Waals surface area contributed by atoms with Crippen molar-refractivity contribution in [2.75, 3.05) is 16.8 Å². The minimum atomic E-state index is 0.0558. The SMILES string of the molecule is CCCSCC(=O)Nc1c(C)cc(C)nc1C. The fraction of sp³-hybridized carbons (Fsp3) is 0.538. The lowest BCUT2D eigenvalue weighted by Crippen LogP contribution is -2.16. The molecule has 1 rings (SSSR count). The van der Waals surface area contributed by atoms with Gasteiger partial charge < -0.3 is 5.32 Å². The van der Waals surface area contributed by atoms with Crippen LogP contribution < -0.4 is 5.32 Å². The van der Waals surface area contributed by atoms with Crippen LogP contribution in [0.3, 0.4) is 0 Å². The van der Waals surface area contributed by atoms with Crippen LogP contribution in [0.25, 0.3) is 0 Å². The molecule has 1 amide bonds. The summed E-state index contributed by atoms with van der Waals surface area (Å²) in [5.41, 5.74) is 3.80. The third-order valence-corrected chi connectivity index (χ3v) is 3.53. The van der Waals surface area contributed by atoms with E-state index in [0.717, 1.165) is 34.8 Å². The fourth-order valence-corrected chi connectivity index (χ4v) is 2.39. The van der Waals surface area contributed by atoms with E-state index in [1.807, 2.05) is 26.8 Å². The Morgan fingerprint density at radius 2 is 2.12 bits per heavy atom. The van der Waals surface area contributed by atoms with Crippen molar-refractivity contribution in [2.24, 2.45) is 0 Å². The van der Waals surface area contributed by atoms with E-state index in [1.54, 1.807) is 11.8 Å². The van der Waals surface area contributed by atoms with Gasteiger partial charge in [0.25, 0.3) is 0 Å². The van der Waals surface area contributed by atoms with Crippen LogP contribution >= 0.6 is 11.8 Å². The van der Waals surface area contributed by atoms with Crippen LogP contribution in [0.2, 0.25) is 0 Å². The first-order valence-corrected chi connectivity index (χ1v) is 7.02. The fourth-order valence-electron chi connectivity index (χ4n) is 1.70. The zero-order chi connectivity index (χ0) is 12.8. The Morgan fingerprint density at radius 3 is 2.71 bits per heavy atom. The van der Waals surface area contributed by atoms with Crippen LogP contribution in [-0.2, 0) is 4.79 Å². The lowest BCUT2D eigenvalue weighted by Gasteiger charge is -2.11. The molecule has 1 N–H and O–H groups in total. The molecule has 1 heterocycles. The zero-order valence-electron chi connectivity index (χ0n) is 11.0. The molecule has 0 atom stereocenters. The first-order chi connectivity index (χ1) is 8.04. The van der Waals surface area contributed by atoms with Gasteiger partial charge in [-0.05, 0) is 44.6 Å². The molecular weight excluding hydrogens is 232 g/mol. The Hall–Kier alpha value is -1.03. The molecule has 0 saturated carbocycles. The Kier molecular flexibility index (Phi) is 5.48. The van der Waals surface area contributed by atoms with Crippen molar-refractivity contribution in [1.82, 2.24) is 4.98 Å². The van der Waals surface area contributed by atoms with Gasteiger partial charge in [-0.3, -0.25) is 9.78 Å². The second-order valence-electron chi connectivity index (χ2n) is 4.14. The highest BCUT2D eigenvalue weighted by molar-refractivity contribution is 7.99. The molecule has 0 aliphatic heterocycles. The lowest BCUT2D eigenvalue weighted by molar-refractivity contribution is -0.113. The number of rotatable bonds is 5. The summed E-state index contributed by atoms with van der Waals surface area (Å²) in [6.45, 7) is 8.00. The number of carbonyl (C=O) groups is 1. The molecule has 0 spiro atoms. The molecule has 17 heavy (non-hydrogen) atoms. The summed E-state index contributed by atoms with van der Waals surface area (Å²) in [5.74, 6) is 1.60. The molecule has 0 fully saturated rings. The van der Waals surface area contributed by atoms with E-state index in [4.69, 9.17) is 0 Å². The number of thioether (sulfide) groups is 1. The monoisotopic (exact) mass is 252 g/mol. The van der Waals surface area contributed by atoms with Crippen LogP contribution in [-0.4, -0.2) is 22.4 Å². The first-order valence-electron chi connectivity index (χ1n) is 5.87. The van der Waals surface area contributed by atoms with Gasteiger partial charge in [-0.1, -0.05) is 6.92 Å². The Morgan fingerprint density at radius 1 is 1.41 bits per heavy atom. The summed E-state index contributed by atoms with van der Waals surface area (Å²) in [7, 11) is 0. The summed E-state index contributed by atoms with van der Waals surface area (Å²) in [6, 6.07) is 1.99. The molecule has 0 aliphatic carbocycles. The standard InChI is InChI=1S/C13H20N2OS/c1-5-6-17-8-12(16)15-13-9(2)7-10(3)14-11(13)4/h7H,5-6,8H2,1-4H3,(H,15,16). The average molecular weight is 252 g/mol. The van der Waals surface area contributed by atoms with Gasteiger partial charge in [0, 0.05) is 5.69 Å². The van der Waals surface area contributed by atoms with Gasteiger partial charge in [-0.15, -0.1) is 0 Å². The minimum absolute atomic E-state index is 0.0558. The third kappa shape index (κ3) is 4.38. The van der Waals surface area contributed by atoms with Crippen molar-refractivity contribution < 1.29 is 4.79 Å². The highest BCUT2D eigenvalue weighted by atomic mass is 32.2. The van der Waals surface area contributed by atoms with Crippen LogP contribution in [0.5, 0.6) is 0 Å². The molecule has 0 radical (unpaired) electrons. The minimum Gasteiger partial charge on any atom is -0.324 e. The zero-order valence-corrected chi connectivity index (χ0v) is 11.8. The van der Waals surface area contributed by atoms with E-state index in [0.29, 0.717) is 5.75 Å². The van der Waals surface area contributed by atoms with E-state index in [2.05, 4.69) is 17.2 Å². The number of amides is 1. The van der Waals surface area contributed by atoms with E-state index >= 15 is 0 Å². The molecule has 4 heteroatoms. The van der Waals surface area contributed by atoms with Crippen molar-refractivity contribution in [1.29, 1.82) is 0 Å². The maximum Gasteiger partial charge on any atom is 0.234 e. The molecule has 3 nitrogen and oxygen atoms in total. The Bertz CT molecular complexity index is 381. The molecule has 0 aromatic carbocycles. The van der Waals surface area contributed by atoms with Gasteiger partial charge in [-0.25, -0.2) is 0 Å². The quantitative estimate of drug-likeness (QED) is 0.819. The first kappa shape index (κ1) is 14.0. The maximum atomic E-state index is 11.7. The van der Waals surface area contributed by atoms with Crippen molar-refractivity contribution in [3.05, 3.63) is 23.0 Å². The molecule has 1 aromatic heterocycles. The van der Waals surface area contributed by atoms with Crippen LogP contribution in [0.4, 0.5) is 5.69 Å². The Labute approximate surface area is 107 Å². The van der Waals surface area contributed by atoms with Gasteiger partial charge >= 0.3 is 0 Å². The summed E-state index contributed by atoms with van der Waals surface area (Å²) >= 11 is 1.66. The average Bonchev–Trinajstić information content (AvgIpc) is 2.24. The number of nitrogens with one attached hydrogen (secondary N) is 1. The van der Waals surface area contributed by atoms with E-state index < -0.39 is 0 Å².